The number of halogens is 3. The molecule has 0 atom stereocenters. The minimum Gasteiger partial charge on any atom is -0.647 e. The molecule has 2 nitrogen and oxygen atoms in total. The first-order chi connectivity index (χ1) is 9.41. The third-order valence-corrected chi connectivity index (χ3v) is 3.04. The van der Waals surface area contributed by atoms with E-state index in [1.54, 1.807) is 24.3 Å². The van der Waals surface area contributed by atoms with Crippen LogP contribution in [0.25, 0.3) is 10.8 Å². The van der Waals surface area contributed by atoms with Gasteiger partial charge in [0.2, 0.25) is 0 Å². The molecule has 2 rings (SSSR count). The summed E-state index contributed by atoms with van der Waals surface area (Å²) in [6.07, 6.45) is -4.20. The number of hydrogen-bond donors (Lipinski definition) is 0. The summed E-state index contributed by atoms with van der Waals surface area (Å²) in [6.45, 7) is 0. The summed E-state index contributed by atoms with van der Waals surface area (Å²) in [5.41, 5.74) is 0.186. The van der Waals surface area contributed by atoms with Crippen LogP contribution in [0.4, 0.5) is 13.2 Å². The van der Waals surface area contributed by atoms with Crippen LogP contribution in [0.3, 0.4) is 0 Å². The molecule has 0 aromatic heterocycles. The van der Waals surface area contributed by atoms with E-state index < -0.39 is 17.7 Å². The average Bonchev–Trinajstić information content (AvgIpc) is 2.42. The maximum Gasteiger partial charge on any atom is 0.494 e. The SMILES string of the molecule is O=C(C=C([O][AlH])C(F)(F)F)c1ccc2ccccc2c1. The molecule has 101 valence electrons. The number of ketones is 1. The van der Waals surface area contributed by atoms with Gasteiger partial charge in [-0.3, -0.25) is 4.79 Å². The highest BCUT2D eigenvalue weighted by molar-refractivity contribution is 6.07. The summed E-state index contributed by atoms with van der Waals surface area (Å²) in [7, 11) is 0. The van der Waals surface area contributed by atoms with Gasteiger partial charge in [-0.2, -0.15) is 13.2 Å². The summed E-state index contributed by atoms with van der Waals surface area (Å²) in [5, 5.41) is 1.71. The lowest BCUT2D eigenvalue weighted by atomic mass is 10.0. The van der Waals surface area contributed by atoms with Crippen LogP contribution in [0.15, 0.2) is 54.3 Å². The van der Waals surface area contributed by atoms with E-state index in [1.165, 1.54) is 6.07 Å². The Bertz CT molecular complexity index is 677. The van der Waals surface area contributed by atoms with Crippen molar-refractivity contribution >= 4 is 33.2 Å². The number of rotatable bonds is 3. The van der Waals surface area contributed by atoms with Crippen LogP contribution in [-0.4, -0.2) is 28.6 Å². The molecule has 0 aliphatic carbocycles. The Morgan fingerprint density at radius 3 is 2.35 bits per heavy atom. The molecule has 0 aliphatic rings. The number of fused-ring (bicyclic) bond motifs is 1. The van der Waals surface area contributed by atoms with Gasteiger partial charge in [0.05, 0.1) is 0 Å². The third-order valence-electron chi connectivity index (χ3n) is 2.73. The van der Waals surface area contributed by atoms with Gasteiger partial charge >= 0.3 is 22.8 Å². The second kappa shape index (κ2) is 5.70. The van der Waals surface area contributed by atoms with Gasteiger partial charge in [0.1, 0.15) is 0 Å². The van der Waals surface area contributed by atoms with Crippen molar-refractivity contribution in [1.82, 2.24) is 0 Å². The molecule has 20 heavy (non-hydrogen) atoms. The summed E-state index contributed by atoms with van der Waals surface area (Å²) in [5.74, 6) is -2.04. The monoisotopic (exact) mass is 293 g/mol. The van der Waals surface area contributed by atoms with Gasteiger partial charge in [0.25, 0.3) is 0 Å². The Kier molecular flexibility index (Phi) is 4.17. The van der Waals surface area contributed by atoms with Crippen LogP contribution < -0.4 is 0 Å². The van der Waals surface area contributed by atoms with E-state index in [0.717, 1.165) is 10.8 Å². The van der Waals surface area contributed by atoms with Crippen molar-refractivity contribution in [2.45, 2.75) is 6.18 Å². The fourth-order valence-corrected chi connectivity index (χ4v) is 2.00. The van der Waals surface area contributed by atoms with Crippen molar-refractivity contribution in [3.63, 3.8) is 0 Å². The molecule has 0 saturated carbocycles. The van der Waals surface area contributed by atoms with E-state index in [9.17, 15) is 18.0 Å². The van der Waals surface area contributed by atoms with Crippen LogP contribution in [0.1, 0.15) is 10.4 Å². The van der Waals surface area contributed by atoms with Crippen molar-refractivity contribution in [2.75, 3.05) is 0 Å². The predicted molar refractivity (Wildman–Crippen MR) is 70.7 cm³/mol. The molecule has 0 amide bonds. The molecule has 2 aromatic rings. The second-order valence-corrected chi connectivity index (χ2v) is 4.37. The fraction of sp³-hybridized carbons (Fsp3) is 0.0714. The molecule has 2 aromatic carbocycles. The highest BCUT2D eigenvalue weighted by atomic mass is 27.1. The van der Waals surface area contributed by atoms with E-state index in [0.29, 0.717) is 22.7 Å². The normalized spacial score (nSPS) is 12.4. The molecule has 0 unspecified atom stereocenters. The molecule has 0 saturated heterocycles. The van der Waals surface area contributed by atoms with Crippen LogP contribution >= 0.6 is 0 Å². The lowest BCUT2D eigenvalue weighted by Crippen LogP contribution is -2.15. The maximum absolute atomic E-state index is 12.5. The topological polar surface area (TPSA) is 26.3 Å². The zero-order valence-corrected chi connectivity index (χ0v) is 11.7. The molecule has 0 aliphatic heterocycles. The van der Waals surface area contributed by atoms with Crippen molar-refractivity contribution in [3.8, 4) is 0 Å². The Morgan fingerprint density at radius 2 is 1.75 bits per heavy atom. The highest BCUT2D eigenvalue weighted by Gasteiger charge is 2.34. The largest absolute Gasteiger partial charge is 0.647 e. The second-order valence-electron chi connectivity index (χ2n) is 4.08. The Balaban J connectivity index is 2.38. The quantitative estimate of drug-likeness (QED) is 0.376. The molecule has 0 heterocycles. The molecular weight excluding hydrogens is 284 g/mol. The number of carbonyl (C=O) groups is 1. The van der Waals surface area contributed by atoms with Gasteiger partial charge in [-0.1, -0.05) is 36.4 Å². The van der Waals surface area contributed by atoms with Gasteiger partial charge in [-0.15, -0.1) is 0 Å². The number of alkyl halides is 3. The van der Waals surface area contributed by atoms with E-state index in [2.05, 4.69) is 3.79 Å². The minimum absolute atomic E-state index is 0.186. The van der Waals surface area contributed by atoms with Crippen molar-refractivity contribution in [3.05, 3.63) is 59.9 Å². The van der Waals surface area contributed by atoms with Crippen molar-refractivity contribution in [1.29, 1.82) is 0 Å². The Labute approximate surface area is 121 Å². The number of carbonyl (C=O) groups excluding carboxylic acids is 1. The van der Waals surface area contributed by atoms with Crippen LogP contribution in [0.2, 0.25) is 0 Å². The van der Waals surface area contributed by atoms with Crippen molar-refractivity contribution < 1.29 is 21.8 Å². The van der Waals surface area contributed by atoms with Gasteiger partial charge in [0.15, 0.2) is 11.5 Å². The summed E-state index contributed by atoms with van der Waals surface area (Å²) >= 11 is 0.679. The smallest absolute Gasteiger partial charge is 0.494 e. The first kappa shape index (κ1) is 14.6. The molecular formula is C14H9AlF3O2. The third kappa shape index (κ3) is 3.21. The summed E-state index contributed by atoms with van der Waals surface area (Å²) in [4.78, 5) is 11.9. The number of allylic oxidation sites excluding steroid dienone is 2. The Hall–Kier alpha value is -1.77. The molecule has 0 fully saturated rings. The summed E-state index contributed by atoms with van der Waals surface area (Å²) < 4.78 is 41.8. The van der Waals surface area contributed by atoms with Crippen molar-refractivity contribution in [2.24, 2.45) is 0 Å². The van der Waals surface area contributed by atoms with Crippen LogP contribution in [-0.2, 0) is 3.79 Å². The highest BCUT2D eigenvalue weighted by Crippen LogP contribution is 2.26. The average molecular weight is 293 g/mol. The zero-order valence-electron chi connectivity index (χ0n) is 10.3. The zero-order chi connectivity index (χ0) is 14.8. The van der Waals surface area contributed by atoms with E-state index in [1.807, 2.05) is 12.1 Å². The number of benzene rings is 2. The number of hydrogen-bond acceptors (Lipinski definition) is 2. The summed E-state index contributed by atoms with van der Waals surface area (Å²) in [6, 6.07) is 12.0. The molecule has 0 bridgehead atoms. The van der Waals surface area contributed by atoms with Crippen LogP contribution in [0, 0.1) is 0 Å². The molecule has 0 spiro atoms. The van der Waals surface area contributed by atoms with E-state index in [-0.39, 0.29) is 5.56 Å². The first-order valence-electron chi connectivity index (χ1n) is 5.66. The van der Waals surface area contributed by atoms with E-state index in [4.69, 9.17) is 0 Å². The lowest BCUT2D eigenvalue weighted by Gasteiger charge is -2.11. The van der Waals surface area contributed by atoms with Gasteiger partial charge in [-0.05, 0) is 16.8 Å². The standard InChI is InChI=1S/C14H9F3O2.Al.H/c15-14(16,17)13(19)8-12(18)11-6-5-9-3-1-2-4-10(9)7-11;;/h1-8,19H;;/q;+1;/p-1. The Morgan fingerprint density at radius 1 is 1.10 bits per heavy atom. The maximum atomic E-state index is 12.5. The molecule has 6 heteroatoms. The fourth-order valence-electron chi connectivity index (χ4n) is 1.75. The molecule has 1 radical (unpaired) electrons. The predicted octanol–water partition coefficient (Wildman–Crippen LogP) is 3.30. The van der Waals surface area contributed by atoms with Crippen LogP contribution in [0.5, 0.6) is 0 Å². The minimum atomic E-state index is -4.67. The van der Waals surface area contributed by atoms with Gasteiger partial charge in [0, 0.05) is 11.6 Å². The molecule has 0 N–H and O–H groups in total. The van der Waals surface area contributed by atoms with Gasteiger partial charge in [-0.25, -0.2) is 0 Å². The van der Waals surface area contributed by atoms with Gasteiger partial charge < -0.3 is 3.79 Å². The van der Waals surface area contributed by atoms with E-state index >= 15 is 0 Å². The lowest BCUT2D eigenvalue weighted by molar-refractivity contribution is -0.115. The first-order valence-corrected chi connectivity index (χ1v) is 6.23.